The summed E-state index contributed by atoms with van der Waals surface area (Å²) in [7, 11) is 0. The number of amides is 1. The van der Waals surface area contributed by atoms with Crippen molar-refractivity contribution < 1.29 is 9.63 Å². The number of carbonyl (C=O) groups excluding carboxylic acids is 1. The summed E-state index contributed by atoms with van der Waals surface area (Å²) in [4.78, 5) is 21.8. The normalized spacial score (nSPS) is 12.6. The lowest BCUT2D eigenvalue weighted by Gasteiger charge is -2.12. The molecule has 0 fully saturated rings. The van der Waals surface area contributed by atoms with Crippen molar-refractivity contribution in [2.24, 2.45) is 10.9 Å². The van der Waals surface area contributed by atoms with Crippen molar-refractivity contribution in [1.82, 2.24) is 4.98 Å². The maximum atomic E-state index is 12.2. The van der Waals surface area contributed by atoms with Crippen molar-refractivity contribution in [2.45, 2.75) is 20.0 Å². The average Bonchev–Trinajstić information content (AvgIpc) is 2.65. The molecule has 1 heterocycles. The summed E-state index contributed by atoms with van der Waals surface area (Å²) < 4.78 is 0. The highest BCUT2D eigenvalue weighted by atomic mass is 16.6. The maximum absolute atomic E-state index is 12.2. The molecule has 3 aromatic rings. The molecule has 1 atom stereocenters. The van der Waals surface area contributed by atoms with E-state index in [4.69, 9.17) is 10.6 Å². The van der Waals surface area contributed by atoms with E-state index in [1.165, 1.54) is 0 Å². The van der Waals surface area contributed by atoms with Gasteiger partial charge in [-0.3, -0.25) is 9.78 Å². The van der Waals surface area contributed by atoms with E-state index in [0.717, 1.165) is 16.3 Å². The summed E-state index contributed by atoms with van der Waals surface area (Å²) in [5, 5.41) is 8.55. The quantitative estimate of drug-likeness (QED) is 0.421. The molecule has 26 heavy (non-hydrogen) atoms. The first kappa shape index (κ1) is 17.4. The monoisotopic (exact) mass is 348 g/mol. The van der Waals surface area contributed by atoms with E-state index in [-0.39, 0.29) is 11.7 Å². The minimum absolute atomic E-state index is 0.122. The summed E-state index contributed by atoms with van der Waals surface area (Å²) >= 11 is 0. The van der Waals surface area contributed by atoms with Crippen LogP contribution in [0, 0.1) is 6.92 Å². The van der Waals surface area contributed by atoms with Crippen LogP contribution in [0.2, 0.25) is 0 Å². The summed E-state index contributed by atoms with van der Waals surface area (Å²) in [6, 6.07) is 17.1. The summed E-state index contributed by atoms with van der Waals surface area (Å²) in [5.74, 6) is -0.185. The Hall–Kier alpha value is -3.41. The Balaban J connectivity index is 1.70. The van der Waals surface area contributed by atoms with Gasteiger partial charge in [0.15, 0.2) is 5.84 Å². The zero-order chi connectivity index (χ0) is 18.5. The number of aryl methyl sites for hydroxylation is 1. The van der Waals surface area contributed by atoms with Crippen LogP contribution >= 0.6 is 0 Å². The van der Waals surface area contributed by atoms with E-state index in [2.05, 4.69) is 15.5 Å². The third-order valence-corrected chi connectivity index (χ3v) is 3.88. The van der Waals surface area contributed by atoms with E-state index in [0.29, 0.717) is 11.4 Å². The van der Waals surface area contributed by atoms with Gasteiger partial charge in [-0.1, -0.05) is 41.6 Å². The largest absolute Gasteiger partial charge is 0.381 e. The molecule has 0 aliphatic carbocycles. The molecule has 0 aliphatic heterocycles. The number of nitrogens with one attached hydrogen (secondary N) is 1. The van der Waals surface area contributed by atoms with E-state index in [1.807, 2.05) is 61.5 Å². The van der Waals surface area contributed by atoms with Crippen LogP contribution in [0.3, 0.4) is 0 Å². The van der Waals surface area contributed by atoms with Crippen LogP contribution in [0.15, 0.2) is 65.9 Å². The highest BCUT2D eigenvalue weighted by Gasteiger charge is 2.15. The lowest BCUT2D eigenvalue weighted by molar-refractivity contribution is -0.126. The molecule has 3 rings (SSSR count). The van der Waals surface area contributed by atoms with Gasteiger partial charge in [-0.15, -0.1) is 0 Å². The standard InChI is InChI=1S/C20H20N4O2/c1-13-6-5-8-16(12-13)23-20(25)14(2)26-24-19(21)18-17-9-4-3-7-15(17)10-11-22-18/h3-12,14H,1-2H3,(H2,21,24)(H,23,25). The van der Waals surface area contributed by atoms with Crippen LogP contribution in [-0.2, 0) is 9.63 Å². The number of oxime groups is 1. The fourth-order valence-electron chi connectivity index (χ4n) is 2.52. The first-order valence-corrected chi connectivity index (χ1v) is 8.25. The molecule has 1 unspecified atom stereocenters. The van der Waals surface area contributed by atoms with Gasteiger partial charge in [-0.25, -0.2) is 0 Å². The number of nitrogens with zero attached hydrogens (tertiary/aromatic N) is 2. The lowest BCUT2D eigenvalue weighted by atomic mass is 10.1. The molecule has 0 saturated heterocycles. The molecule has 0 aliphatic rings. The molecule has 6 nitrogen and oxygen atoms in total. The Morgan fingerprint density at radius 3 is 2.81 bits per heavy atom. The number of aromatic nitrogens is 1. The van der Waals surface area contributed by atoms with Gasteiger partial charge in [0, 0.05) is 17.3 Å². The second kappa shape index (κ2) is 7.65. The number of hydrogen-bond donors (Lipinski definition) is 2. The molecule has 0 bridgehead atoms. The minimum atomic E-state index is -0.802. The van der Waals surface area contributed by atoms with E-state index in [9.17, 15) is 4.79 Å². The Labute approximate surface area is 151 Å². The fourth-order valence-corrected chi connectivity index (χ4v) is 2.52. The van der Waals surface area contributed by atoms with Crippen LogP contribution in [-0.4, -0.2) is 22.8 Å². The lowest BCUT2D eigenvalue weighted by Crippen LogP contribution is -2.27. The van der Waals surface area contributed by atoms with Gasteiger partial charge < -0.3 is 15.9 Å². The highest BCUT2D eigenvalue weighted by Crippen LogP contribution is 2.16. The van der Waals surface area contributed by atoms with Crippen molar-refractivity contribution in [3.05, 3.63) is 72.1 Å². The van der Waals surface area contributed by atoms with Gasteiger partial charge in [-0.2, -0.15) is 0 Å². The van der Waals surface area contributed by atoms with Gasteiger partial charge in [0.1, 0.15) is 5.69 Å². The fraction of sp³-hybridized carbons (Fsp3) is 0.150. The molecular formula is C20H20N4O2. The summed E-state index contributed by atoms with van der Waals surface area (Å²) in [6.45, 7) is 3.57. The Kier molecular flexibility index (Phi) is 5.12. The van der Waals surface area contributed by atoms with Crippen LogP contribution in [0.25, 0.3) is 10.8 Å². The first-order valence-electron chi connectivity index (χ1n) is 8.25. The third kappa shape index (κ3) is 3.97. The molecule has 3 N–H and O–H groups in total. The van der Waals surface area contributed by atoms with Crippen molar-refractivity contribution >= 4 is 28.2 Å². The van der Waals surface area contributed by atoms with Crippen molar-refractivity contribution in [1.29, 1.82) is 0 Å². The SMILES string of the molecule is Cc1cccc(NC(=O)C(C)O/N=C(\N)c2nccc3ccccc23)c1. The van der Waals surface area contributed by atoms with E-state index < -0.39 is 6.10 Å². The molecule has 0 saturated carbocycles. The van der Waals surface area contributed by atoms with Crippen LogP contribution in [0.4, 0.5) is 5.69 Å². The zero-order valence-corrected chi connectivity index (χ0v) is 14.6. The van der Waals surface area contributed by atoms with Gasteiger partial charge in [0.25, 0.3) is 5.91 Å². The van der Waals surface area contributed by atoms with Crippen LogP contribution < -0.4 is 11.1 Å². The molecule has 1 aromatic heterocycles. The predicted molar refractivity (Wildman–Crippen MR) is 103 cm³/mol. The van der Waals surface area contributed by atoms with Crippen molar-refractivity contribution in [3.63, 3.8) is 0 Å². The van der Waals surface area contributed by atoms with E-state index in [1.54, 1.807) is 13.1 Å². The smallest absolute Gasteiger partial charge is 0.267 e. The number of pyridine rings is 1. The second-order valence-electron chi connectivity index (χ2n) is 5.96. The Morgan fingerprint density at radius 2 is 2.00 bits per heavy atom. The Bertz CT molecular complexity index is 963. The van der Waals surface area contributed by atoms with E-state index >= 15 is 0 Å². The number of fused-ring (bicyclic) bond motifs is 1. The number of rotatable bonds is 5. The predicted octanol–water partition coefficient (Wildman–Crippen LogP) is 3.21. The van der Waals surface area contributed by atoms with Crippen molar-refractivity contribution in [3.8, 4) is 0 Å². The highest BCUT2D eigenvalue weighted by molar-refractivity contribution is 6.07. The summed E-state index contributed by atoms with van der Waals surface area (Å²) in [6.07, 6.45) is 0.859. The minimum Gasteiger partial charge on any atom is -0.381 e. The topological polar surface area (TPSA) is 89.6 Å². The van der Waals surface area contributed by atoms with Gasteiger partial charge in [-0.05, 0) is 43.0 Å². The zero-order valence-electron chi connectivity index (χ0n) is 14.6. The average molecular weight is 348 g/mol. The molecular weight excluding hydrogens is 328 g/mol. The number of nitrogens with two attached hydrogens (primary N) is 1. The molecule has 1 amide bonds. The van der Waals surface area contributed by atoms with Gasteiger partial charge in [0.2, 0.25) is 6.10 Å². The van der Waals surface area contributed by atoms with Crippen LogP contribution in [0.5, 0.6) is 0 Å². The second-order valence-corrected chi connectivity index (χ2v) is 5.96. The summed E-state index contributed by atoms with van der Waals surface area (Å²) in [5.41, 5.74) is 8.30. The van der Waals surface area contributed by atoms with Crippen molar-refractivity contribution in [2.75, 3.05) is 5.32 Å². The molecule has 132 valence electrons. The molecule has 2 aromatic carbocycles. The molecule has 0 radical (unpaired) electrons. The number of carbonyl (C=O) groups is 1. The van der Waals surface area contributed by atoms with Crippen LogP contribution in [0.1, 0.15) is 18.2 Å². The number of hydrogen-bond acceptors (Lipinski definition) is 4. The third-order valence-electron chi connectivity index (χ3n) is 3.88. The number of anilines is 1. The number of benzene rings is 2. The molecule has 0 spiro atoms. The Morgan fingerprint density at radius 1 is 1.19 bits per heavy atom. The maximum Gasteiger partial charge on any atom is 0.267 e. The van der Waals surface area contributed by atoms with Gasteiger partial charge >= 0.3 is 0 Å². The van der Waals surface area contributed by atoms with Gasteiger partial charge in [0.05, 0.1) is 0 Å². The number of amidine groups is 1. The first-order chi connectivity index (χ1) is 12.5. The molecule has 6 heteroatoms.